The molecule has 19 heavy (non-hydrogen) atoms. The monoisotopic (exact) mass is 272 g/mol. The van der Waals surface area contributed by atoms with Gasteiger partial charge in [-0.3, -0.25) is 9.59 Å². The molecule has 0 aromatic heterocycles. The van der Waals surface area contributed by atoms with Gasteiger partial charge in [0.15, 0.2) is 0 Å². The molecule has 0 aliphatic heterocycles. The number of aliphatic hydroxyl groups is 2. The van der Waals surface area contributed by atoms with Gasteiger partial charge in [0.25, 0.3) is 0 Å². The number of primary amides is 2. The highest BCUT2D eigenvalue weighted by molar-refractivity contribution is 5.91. The fourth-order valence-corrected chi connectivity index (χ4v) is 0.926. The average Bonchev–Trinajstić information content (AvgIpc) is 2.36. The number of hydrogen-bond acceptors (Lipinski definition) is 4. The zero-order valence-electron chi connectivity index (χ0n) is 11.4. The van der Waals surface area contributed by atoms with Gasteiger partial charge in [0.2, 0.25) is 11.8 Å². The third-order valence-electron chi connectivity index (χ3n) is 2.19. The molecule has 0 rings (SSSR count). The van der Waals surface area contributed by atoms with Crippen LogP contribution >= 0.6 is 0 Å². The summed E-state index contributed by atoms with van der Waals surface area (Å²) in [6.07, 6.45) is 4.18. The van der Waals surface area contributed by atoms with Crippen LogP contribution < -0.4 is 11.5 Å². The van der Waals surface area contributed by atoms with Crippen LogP contribution in [0.15, 0.2) is 23.8 Å². The van der Waals surface area contributed by atoms with Gasteiger partial charge in [-0.05, 0) is 32.6 Å². The Kier molecular flexibility index (Phi) is 13.2. The molecule has 6 N–H and O–H groups in total. The van der Waals surface area contributed by atoms with E-state index in [1.807, 2.05) is 0 Å². The first-order valence-corrected chi connectivity index (χ1v) is 6.02. The third kappa shape index (κ3) is 14.3. The molecule has 0 saturated carbocycles. The smallest absolute Gasteiger partial charge is 0.244 e. The Bertz CT molecular complexity index is 325. The van der Waals surface area contributed by atoms with Gasteiger partial charge in [-0.1, -0.05) is 12.7 Å². The lowest BCUT2D eigenvalue weighted by molar-refractivity contribution is -0.115. The van der Waals surface area contributed by atoms with Gasteiger partial charge in [0.1, 0.15) is 0 Å². The summed E-state index contributed by atoms with van der Waals surface area (Å²) in [4.78, 5) is 20.6. The van der Waals surface area contributed by atoms with Crippen molar-refractivity contribution < 1.29 is 19.8 Å². The van der Waals surface area contributed by atoms with Crippen LogP contribution in [0.3, 0.4) is 0 Å². The molecule has 0 bridgehead atoms. The normalized spacial score (nSPS) is 10.4. The minimum absolute atomic E-state index is 0.0757. The van der Waals surface area contributed by atoms with E-state index < -0.39 is 11.8 Å². The topological polar surface area (TPSA) is 127 Å². The number of nitrogens with two attached hydrogens (primary N) is 2. The second-order valence-electron chi connectivity index (χ2n) is 3.91. The lowest BCUT2D eigenvalue weighted by Crippen LogP contribution is -2.13. The van der Waals surface area contributed by atoms with E-state index in [0.29, 0.717) is 36.8 Å². The molecule has 0 atom stereocenters. The standard InChI is InChI=1S/C7H13NO2.C6H11NO2/c1-6(7(8)10)4-2-3-5-9;1-5(6(7)9)3-2-4-8/h4,9H,2-3,5H2,1H3,(H2,8,10);8H,1-4H2,(H2,7,9). The number of allylic oxidation sites excluding steroid dienone is 1. The summed E-state index contributed by atoms with van der Waals surface area (Å²) in [6, 6.07) is 0. The summed E-state index contributed by atoms with van der Waals surface area (Å²) in [5, 5.41) is 16.7. The van der Waals surface area contributed by atoms with Gasteiger partial charge in [-0.25, -0.2) is 0 Å². The molecular formula is C13H24N2O4. The molecule has 110 valence electrons. The lowest BCUT2D eigenvalue weighted by Gasteiger charge is -1.95. The van der Waals surface area contributed by atoms with Crippen molar-refractivity contribution in [3.8, 4) is 0 Å². The Morgan fingerprint density at radius 3 is 2.00 bits per heavy atom. The predicted octanol–water partition coefficient (Wildman–Crippen LogP) is -0.00910. The number of amides is 2. The van der Waals surface area contributed by atoms with Crippen LogP contribution in [0, 0.1) is 0 Å². The summed E-state index contributed by atoms with van der Waals surface area (Å²) < 4.78 is 0. The summed E-state index contributed by atoms with van der Waals surface area (Å²) >= 11 is 0. The summed E-state index contributed by atoms with van der Waals surface area (Å²) in [5.74, 6) is -0.874. The Hall–Kier alpha value is -1.66. The van der Waals surface area contributed by atoms with Crippen LogP contribution in [-0.2, 0) is 9.59 Å². The highest BCUT2D eigenvalue weighted by atomic mass is 16.3. The Labute approximate surface area is 113 Å². The van der Waals surface area contributed by atoms with Crippen molar-refractivity contribution in [2.75, 3.05) is 13.2 Å². The fourth-order valence-electron chi connectivity index (χ4n) is 0.926. The van der Waals surface area contributed by atoms with E-state index >= 15 is 0 Å². The van der Waals surface area contributed by atoms with Gasteiger partial charge in [0.05, 0.1) is 0 Å². The first-order valence-electron chi connectivity index (χ1n) is 6.02. The van der Waals surface area contributed by atoms with Gasteiger partial charge in [0, 0.05) is 24.4 Å². The van der Waals surface area contributed by atoms with Crippen molar-refractivity contribution in [2.45, 2.75) is 32.6 Å². The van der Waals surface area contributed by atoms with E-state index in [1.165, 1.54) is 0 Å². The van der Waals surface area contributed by atoms with Crippen LogP contribution in [0.25, 0.3) is 0 Å². The van der Waals surface area contributed by atoms with Gasteiger partial charge >= 0.3 is 0 Å². The van der Waals surface area contributed by atoms with Crippen molar-refractivity contribution in [2.24, 2.45) is 11.5 Å². The van der Waals surface area contributed by atoms with Crippen LogP contribution in [0.4, 0.5) is 0 Å². The quantitative estimate of drug-likeness (QED) is 0.366. The molecule has 0 fully saturated rings. The van der Waals surface area contributed by atoms with Crippen molar-refractivity contribution >= 4 is 11.8 Å². The number of unbranched alkanes of at least 4 members (excludes halogenated alkanes) is 1. The molecule has 0 heterocycles. The predicted molar refractivity (Wildman–Crippen MR) is 73.9 cm³/mol. The first-order chi connectivity index (χ1) is 8.86. The largest absolute Gasteiger partial charge is 0.396 e. The lowest BCUT2D eigenvalue weighted by atomic mass is 10.2. The van der Waals surface area contributed by atoms with Gasteiger partial charge in [-0.2, -0.15) is 0 Å². The van der Waals surface area contributed by atoms with E-state index in [1.54, 1.807) is 13.0 Å². The second-order valence-corrected chi connectivity index (χ2v) is 3.91. The maximum absolute atomic E-state index is 10.4. The van der Waals surface area contributed by atoms with Crippen molar-refractivity contribution in [3.63, 3.8) is 0 Å². The van der Waals surface area contributed by atoms with Crippen LogP contribution in [0.5, 0.6) is 0 Å². The Morgan fingerprint density at radius 2 is 1.63 bits per heavy atom. The number of rotatable bonds is 8. The summed E-state index contributed by atoms with van der Waals surface area (Å²) in [5.41, 5.74) is 10.7. The molecule has 6 nitrogen and oxygen atoms in total. The Balaban J connectivity index is 0. The summed E-state index contributed by atoms with van der Waals surface area (Å²) in [7, 11) is 0. The van der Waals surface area contributed by atoms with Crippen molar-refractivity contribution in [3.05, 3.63) is 23.8 Å². The first kappa shape index (κ1) is 19.7. The van der Waals surface area contributed by atoms with Crippen molar-refractivity contribution in [1.82, 2.24) is 0 Å². The van der Waals surface area contributed by atoms with Crippen LogP contribution in [0.2, 0.25) is 0 Å². The molecular weight excluding hydrogens is 248 g/mol. The van der Waals surface area contributed by atoms with E-state index in [2.05, 4.69) is 6.58 Å². The molecule has 0 aromatic rings. The number of carbonyl (C=O) groups excluding carboxylic acids is 2. The number of aliphatic hydroxyl groups excluding tert-OH is 2. The number of carbonyl (C=O) groups is 2. The third-order valence-corrected chi connectivity index (χ3v) is 2.19. The van der Waals surface area contributed by atoms with E-state index in [9.17, 15) is 9.59 Å². The maximum atomic E-state index is 10.4. The maximum Gasteiger partial charge on any atom is 0.244 e. The Morgan fingerprint density at radius 1 is 1.11 bits per heavy atom. The molecule has 0 aliphatic rings. The van der Waals surface area contributed by atoms with E-state index in [4.69, 9.17) is 21.7 Å². The minimum atomic E-state index is -0.483. The molecule has 2 amide bonds. The van der Waals surface area contributed by atoms with Crippen LogP contribution in [0.1, 0.15) is 32.6 Å². The van der Waals surface area contributed by atoms with E-state index in [0.717, 1.165) is 0 Å². The van der Waals surface area contributed by atoms with Gasteiger partial charge < -0.3 is 21.7 Å². The molecule has 0 saturated heterocycles. The zero-order chi connectivity index (χ0) is 15.3. The van der Waals surface area contributed by atoms with Gasteiger partial charge in [-0.15, -0.1) is 0 Å². The van der Waals surface area contributed by atoms with Crippen molar-refractivity contribution in [1.29, 1.82) is 0 Å². The zero-order valence-corrected chi connectivity index (χ0v) is 11.4. The molecule has 6 heteroatoms. The molecule has 0 radical (unpaired) electrons. The SMILES string of the molecule is C=C(CCCO)C(N)=O.CC(=CCCCO)C(N)=O. The fraction of sp³-hybridized carbons (Fsp3) is 0.538. The average molecular weight is 272 g/mol. The molecule has 0 aliphatic carbocycles. The molecule has 0 spiro atoms. The second kappa shape index (κ2) is 12.8. The highest BCUT2D eigenvalue weighted by Gasteiger charge is 1.98. The minimum Gasteiger partial charge on any atom is -0.396 e. The molecule has 0 unspecified atom stereocenters. The highest BCUT2D eigenvalue weighted by Crippen LogP contribution is 1.99. The van der Waals surface area contributed by atoms with E-state index in [-0.39, 0.29) is 13.2 Å². The number of hydrogen-bond donors (Lipinski definition) is 4. The molecule has 0 aromatic carbocycles. The van der Waals surface area contributed by atoms with Crippen LogP contribution in [-0.4, -0.2) is 35.2 Å². The summed E-state index contributed by atoms with van der Waals surface area (Å²) in [6.45, 7) is 5.30.